The van der Waals surface area contributed by atoms with E-state index in [1.54, 1.807) is 0 Å². The molecule has 2 saturated heterocycles. The molecular formula is C21H37N3O3. The lowest BCUT2D eigenvalue weighted by atomic mass is 9.77. The van der Waals surface area contributed by atoms with Crippen molar-refractivity contribution in [3.8, 4) is 0 Å². The number of amides is 2. The van der Waals surface area contributed by atoms with Gasteiger partial charge in [-0.05, 0) is 64.5 Å². The molecule has 154 valence electrons. The lowest BCUT2D eigenvalue weighted by Crippen LogP contribution is -2.52. The number of hydrogen-bond donors (Lipinski definition) is 1. The summed E-state index contributed by atoms with van der Waals surface area (Å²) in [5.41, 5.74) is -0.133. The largest absolute Gasteiger partial charge is 0.466 e. The van der Waals surface area contributed by atoms with E-state index in [1.807, 2.05) is 6.92 Å². The maximum atomic E-state index is 13.2. The van der Waals surface area contributed by atoms with E-state index in [-0.39, 0.29) is 17.5 Å². The summed E-state index contributed by atoms with van der Waals surface area (Å²) in [4.78, 5) is 29.3. The highest BCUT2D eigenvalue weighted by molar-refractivity contribution is 5.77. The maximum absolute atomic E-state index is 13.2. The number of urea groups is 1. The Morgan fingerprint density at radius 3 is 2.63 bits per heavy atom. The van der Waals surface area contributed by atoms with Crippen molar-refractivity contribution in [2.75, 3.05) is 39.3 Å². The molecule has 0 aromatic carbocycles. The van der Waals surface area contributed by atoms with Gasteiger partial charge in [-0.3, -0.25) is 4.79 Å². The number of carbonyl (C=O) groups is 2. The Morgan fingerprint density at radius 2 is 1.93 bits per heavy atom. The third-order valence-corrected chi connectivity index (χ3v) is 6.82. The number of rotatable bonds is 8. The molecule has 3 aliphatic rings. The van der Waals surface area contributed by atoms with Gasteiger partial charge in [-0.25, -0.2) is 4.79 Å². The van der Waals surface area contributed by atoms with Crippen molar-refractivity contribution in [3.05, 3.63) is 0 Å². The van der Waals surface area contributed by atoms with Crippen molar-refractivity contribution in [2.45, 2.75) is 76.7 Å². The van der Waals surface area contributed by atoms with Gasteiger partial charge in [0, 0.05) is 31.6 Å². The highest BCUT2D eigenvalue weighted by atomic mass is 16.5. The summed E-state index contributed by atoms with van der Waals surface area (Å²) in [6.45, 7) is 7.04. The predicted octanol–water partition coefficient (Wildman–Crippen LogP) is 3.16. The summed E-state index contributed by atoms with van der Waals surface area (Å²) < 4.78 is 5.14. The molecule has 0 atom stereocenters. The van der Waals surface area contributed by atoms with Crippen LogP contribution in [0.1, 0.15) is 71.1 Å². The molecule has 2 aliphatic heterocycles. The summed E-state index contributed by atoms with van der Waals surface area (Å²) in [5, 5.41) is 3.41. The zero-order chi connectivity index (χ0) is 19.1. The summed E-state index contributed by atoms with van der Waals surface area (Å²) in [5.74, 6) is 0.623. The normalized spacial score (nSPS) is 23.7. The molecule has 2 heterocycles. The second-order valence-electron chi connectivity index (χ2n) is 8.49. The topological polar surface area (TPSA) is 61.9 Å². The van der Waals surface area contributed by atoms with E-state index in [1.165, 1.54) is 19.3 Å². The predicted molar refractivity (Wildman–Crippen MR) is 106 cm³/mol. The van der Waals surface area contributed by atoms with E-state index < -0.39 is 0 Å². The monoisotopic (exact) mass is 379 g/mol. The average Bonchev–Trinajstić information content (AvgIpc) is 3.08. The van der Waals surface area contributed by atoms with E-state index in [0.717, 1.165) is 77.2 Å². The first-order chi connectivity index (χ1) is 13.1. The summed E-state index contributed by atoms with van der Waals surface area (Å²) >= 11 is 0. The van der Waals surface area contributed by atoms with Gasteiger partial charge < -0.3 is 19.9 Å². The molecule has 27 heavy (non-hydrogen) atoms. The SMILES string of the molecule is CCOC(=O)CCC1(N2CCN(CCC3CCNCC3)C2=O)CCCCC1. The van der Waals surface area contributed by atoms with Gasteiger partial charge in [0.1, 0.15) is 0 Å². The number of nitrogens with zero attached hydrogens (tertiary/aromatic N) is 2. The van der Waals surface area contributed by atoms with E-state index in [9.17, 15) is 9.59 Å². The number of nitrogens with one attached hydrogen (secondary N) is 1. The van der Waals surface area contributed by atoms with Crippen molar-refractivity contribution in [2.24, 2.45) is 5.92 Å². The molecule has 6 heteroatoms. The van der Waals surface area contributed by atoms with E-state index in [4.69, 9.17) is 4.74 Å². The molecule has 6 nitrogen and oxygen atoms in total. The van der Waals surface area contributed by atoms with Crippen LogP contribution < -0.4 is 5.32 Å². The molecule has 0 unspecified atom stereocenters. The Kier molecular flexibility index (Phi) is 7.39. The van der Waals surface area contributed by atoms with Gasteiger partial charge in [-0.15, -0.1) is 0 Å². The zero-order valence-electron chi connectivity index (χ0n) is 17.0. The first-order valence-electron chi connectivity index (χ1n) is 11.1. The Balaban J connectivity index is 1.57. The van der Waals surface area contributed by atoms with Crippen LogP contribution in [0.15, 0.2) is 0 Å². The maximum Gasteiger partial charge on any atom is 0.320 e. The Bertz CT molecular complexity index is 499. The van der Waals surface area contributed by atoms with Gasteiger partial charge in [-0.2, -0.15) is 0 Å². The van der Waals surface area contributed by atoms with Crippen LogP contribution >= 0.6 is 0 Å². The lowest BCUT2D eigenvalue weighted by Gasteiger charge is -2.44. The first-order valence-corrected chi connectivity index (χ1v) is 11.1. The molecule has 0 bridgehead atoms. The molecule has 1 N–H and O–H groups in total. The van der Waals surface area contributed by atoms with Crippen molar-refractivity contribution in [3.63, 3.8) is 0 Å². The third-order valence-electron chi connectivity index (χ3n) is 6.82. The molecule has 3 rings (SSSR count). The standard InChI is InChI=1S/C21H37N3O3/c1-2-27-19(25)6-12-21(10-4-3-5-11-21)24-17-16-23(20(24)26)15-9-18-7-13-22-14-8-18/h18,22H,2-17H2,1H3. The van der Waals surface area contributed by atoms with Gasteiger partial charge in [0.05, 0.1) is 6.61 Å². The molecule has 0 radical (unpaired) electrons. The molecular weight excluding hydrogens is 342 g/mol. The van der Waals surface area contributed by atoms with Crippen LogP contribution in [-0.4, -0.2) is 66.7 Å². The van der Waals surface area contributed by atoms with Crippen LogP contribution in [0.5, 0.6) is 0 Å². The minimum atomic E-state index is -0.133. The lowest BCUT2D eigenvalue weighted by molar-refractivity contribution is -0.144. The van der Waals surface area contributed by atoms with Gasteiger partial charge in [-0.1, -0.05) is 19.3 Å². The van der Waals surface area contributed by atoms with Gasteiger partial charge >= 0.3 is 12.0 Å². The number of esters is 1. The number of piperidine rings is 1. The van der Waals surface area contributed by atoms with Crippen LogP contribution in [0.3, 0.4) is 0 Å². The van der Waals surface area contributed by atoms with Crippen LogP contribution in [0, 0.1) is 5.92 Å². The fourth-order valence-corrected chi connectivity index (χ4v) is 5.17. The number of ether oxygens (including phenoxy) is 1. The third kappa shape index (κ3) is 5.15. The van der Waals surface area contributed by atoms with E-state index in [2.05, 4.69) is 15.1 Å². The fraction of sp³-hybridized carbons (Fsp3) is 0.905. The molecule has 3 fully saturated rings. The van der Waals surface area contributed by atoms with E-state index in [0.29, 0.717) is 13.0 Å². The minimum absolute atomic E-state index is 0.128. The van der Waals surface area contributed by atoms with Gasteiger partial charge in [0.15, 0.2) is 0 Å². The molecule has 1 saturated carbocycles. The highest BCUT2D eigenvalue weighted by Crippen LogP contribution is 2.39. The highest BCUT2D eigenvalue weighted by Gasteiger charge is 2.45. The molecule has 2 amide bonds. The van der Waals surface area contributed by atoms with Crippen molar-refractivity contribution < 1.29 is 14.3 Å². The van der Waals surface area contributed by atoms with Gasteiger partial charge in [0.25, 0.3) is 0 Å². The van der Waals surface area contributed by atoms with Crippen molar-refractivity contribution in [1.82, 2.24) is 15.1 Å². The fourth-order valence-electron chi connectivity index (χ4n) is 5.17. The van der Waals surface area contributed by atoms with Crippen molar-refractivity contribution in [1.29, 1.82) is 0 Å². The molecule has 1 aliphatic carbocycles. The van der Waals surface area contributed by atoms with Crippen LogP contribution in [0.25, 0.3) is 0 Å². The molecule has 0 aromatic heterocycles. The van der Waals surface area contributed by atoms with Gasteiger partial charge in [0.2, 0.25) is 0 Å². The van der Waals surface area contributed by atoms with Crippen LogP contribution in [0.4, 0.5) is 4.79 Å². The Morgan fingerprint density at radius 1 is 1.19 bits per heavy atom. The van der Waals surface area contributed by atoms with Crippen molar-refractivity contribution >= 4 is 12.0 Å². The zero-order valence-corrected chi connectivity index (χ0v) is 17.0. The first kappa shape index (κ1) is 20.4. The summed E-state index contributed by atoms with van der Waals surface area (Å²) in [6, 6.07) is 0.203. The quantitative estimate of drug-likeness (QED) is 0.658. The average molecular weight is 380 g/mol. The summed E-state index contributed by atoms with van der Waals surface area (Å²) in [7, 11) is 0. The van der Waals surface area contributed by atoms with Crippen LogP contribution in [-0.2, 0) is 9.53 Å². The Hall–Kier alpha value is -1.30. The molecule has 0 spiro atoms. The second-order valence-corrected chi connectivity index (χ2v) is 8.49. The smallest absolute Gasteiger partial charge is 0.320 e. The Labute approximate surface area is 164 Å². The number of carbonyl (C=O) groups excluding carboxylic acids is 2. The summed E-state index contributed by atoms with van der Waals surface area (Å²) in [6.07, 6.45) is 10.4. The van der Waals surface area contributed by atoms with Crippen LogP contribution in [0.2, 0.25) is 0 Å². The second kappa shape index (κ2) is 9.76. The molecule has 0 aromatic rings. The number of hydrogen-bond acceptors (Lipinski definition) is 4. The minimum Gasteiger partial charge on any atom is -0.466 e. The van der Waals surface area contributed by atoms with E-state index >= 15 is 0 Å².